The molecule has 8 nitrogen and oxygen atoms in total. The molecule has 0 saturated heterocycles. The van der Waals surface area contributed by atoms with Crippen LogP contribution in [-0.4, -0.2) is 40.2 Å². The van der Waals surface area contributed by atoms with E-state index in [1.165, 1.54) is 18.9 Å². The van der Waals surface area contributed by atoms with Gasteiger partial charge in [0.15, 0.2) is 11.5 Å². The second kappa shape index (κ2) is 8.30. The summed E-state index contributed by atoms with van der Waals surface area (Å²) in [6.45, 7) is 1.97. The van der Waals surface area contributed by atoms with Crippen molar-refractivity contribution >= 4 is 29.3 Å². The molecule has 1 heterocycles. The maximum absolute atomic E-state index is 11.1. The molecule has 0 aliphatic carbocycles. The first kappa shape index (κ1) is 17.0. The van der Waals surface area contributed by atoms with Gasteiger partial charge in [0, 0.05) is 5.75 Å². The van der Waals surface area contributed by atoms with Crippen LogP contribution in [0.1, 0.15) is 17.0 Å². The number of aryl methyl sites for hydroxylation is 1. The van der Waals surface area contributed by atoms with E-state index in [0.29, 0.717) is 17.1 Å². The van der Waals surface area contributed by atoms with Gasteiger partial charge < -0.3 is 4.74 Å². The third-order valence-corrected chi connectivity index (χ3v) is 3.77. The summed E-state index contributed by atoms with van der Waals surface area (Å²) in [6, 6.07) is 7.43. The molecule has 122 valence electrons. The molecule has 2 rings (SSSR count). The standard InChI is InChI=1S/C14H16N4O4S/c1-9-3-5-10(6-4-9)15-14(16-20)13-11(17-22-18-13)7-23-8-12(19)21-2/h3-6,20H,7-8H2,1-2H3,(H,15,16). The number of benzene rings is 1. The summed E-state index contributed by atoms with van der Waals surface area (Å²) in [6.07, 6.45) is 0. The minimum absolute atomic E-state index is 0.115. The third-order valence-electron chi connectivity index (χ3n) is 2.85. The zero-order valence-electron chi connectivity index (χ0n) is 12.6. The van der Waals surface area contributed by atoms with Gasteiger partial charge in [-0.3, -0.25) is 15.5 Å². The van der Waals surface area contributed by atoms with E-state index in [1.807, 2.05) is 36.7 Å². The van der Waals surface area contributed by atoms with Gasteiger partial charge in [-0.15, -0.1) is 11.8 Å². The van der Waals surface area contributed by atoms with Gasteiger partial charge >= 0.3 is 5.97 Å². The van der Waals surface area contributed by atoms with Gasteiger partial charge in [-0.05, 0) is 24.2 Å². The molecule has 0 amide bonds. The summed E-state index contributed by atoms with van der Waals surface area (Å²) in [5.74, 6) is 0.327. The number of rotatable bonds is 6. The fourth-order valence-electron chi connectivity index (χ4n) is 1.65. The molecule has 0 unspecified atom stereocenters. The smallest absolute Gasteiger partial charge is 0.315 e. The molecule has 2 aromatic rings. The Kier molecular flexibility index (Phi) is 6.12. The van der Waals surface area contributed by atoms with Crippen LogP contribution >= 0.6 is 11.8 Å². The number of hydrogen-bond donors (Lipinski definition) is 2. The van der Waals surface area contributed by atoms with E-state index in [0.717, 1.165) is 5.56 Å². The van der Waals surface area contributed by atoms with E-state index in [4.69, 9.17) is 4.63 Å². The summed E-state index contributed by atoms with van der Waals surface area (Å²) < 4.78 is 9.27. The van der Waals surface area contributed by atoms with Crippen LogP contribution in [0.4, 0.5) is 5.69 Å². The van der Waals surface area contributed by atoms with Gasteiger partial charge in [0.2, 0.25) is 0 Å². The van der Waals surface area contributed by atoms with Gasteiger partial charge in [-0.1, -0.05) is 22.9 Å². The molecule has 0 aliphatic rings. The molecule has 0 aliphatic heterocycles. The zero-order valence-corrected chi connectivity index (χ0v) is 13.5. The van der Waals surface area contributed by atoms with E-state index in [2.05, 4.69) is 20.0 Å². The first-order valence-electron chi connectivity index (χ1n) is 6.66. The number of hydroxylamine groups is 1. The lowest BCUT2D eigenvalue weighted by Gasteiger charge is -2.03. The predicted octanol–water partition coefficient (Wildman–Crippen LogP) is 1.84. The van der Waals surface area contributed by atoms with Crippen LogP contribution in [0.25, 0.3) is 0 Å². The van der Waals surface area contributed by atoms with Crippen LogP contribution in [0, 0.1) is 6.92 Å². The Morgan fingerprint density at radius 3 is 2.78 bits per heavy atom. The maximum atomic E-state index is 11.1. The highest BCUT2D eigenvalue weighted by molar-refractivity contribution is 7.99. The summed E-state index contributed by atoms with van der Waals surface area (Å²) in [7, 11) is 1.33. The van der Waals surface area contributed by atoms with E-state index in [9.17, 15) is 10.0 Å². The fraction of sp³-hybridized carbons (Fsp3) is 0.286. The number of methoxy groups -OCH3 is 1. The van der Waals surface area contributed by atoms with Crippen molar-refractivity contribution in [2.75, 3.05) is 12.9 Å². The molecule has 1 aromatic heterocycles. The van der Waals surface area contributed by atoms with Crippen molar-refractivity contribution in [3.63, 3.8) is 0 Å². The molecule has 2 N–H and O–H groups in total. The van der Waals surface area contributed by atoms with Crippen LogP contribution in [0.3, 0.4) is 0 Å². The summed E-state index contributed by atoms with van der Waals surface area (Å²) in [5, 5.41) is 16.8. The number of hydrogen-bond acceptors (Lipinski definition) is 8. The molecule has 0 bridgehead atoms. The lowest BCUT2D eigenvalue weighted by atomic mass is 10.2. The van der Waals surface area contributed by atoms with Crippen LogP contribution in [0.15, 0.2) is 33.9 Å². The van der Waals surface area contributed by atoms with Gasteiger partial charge in [0.1, 0.15) is 5.69 Å². The lowest BCUT2D eigenvalue weighted by Crippen LogP contribution is -2.22. The lowest BCUT2D eigenvalue weighted by molar-refractivity contribution is -0.137. The number of ether oxygens (including phenoxy) is 1. The van der Waals surface area contributed by atoms with Crippen molar-refractivity contribution in [2.24, 2.45) is 4.99 Å². The average Bonchev–Trinajstić information content (AvgIpc) is 3.02. The zero-order chi connectivity index (χ0) is 16.7. The summed E-state index contributed by atoms with van der Waals surface area (Å²) in [5.41, 5.74) is 4.50. The number of aliphatic imine (C=N–C) groups is 1. The molecular formula is C14H16N4O4S. The van der Waals surface area contributed by atoms with Crippen LogP contribution in [0.5, 0.6) is 0 Å². The molecule has 0 spiro atoms. The van der Waals surface area contributed by atoms with Crippen molar-refractivity contribution in [1.29, 1.82) is 0 Å². The topological polar surface area (TPSA) is 110 Å². The SMILES string of the molecule is COC(=O)CSCc1nonc1C(=Nc1ccc(C)cc1)NO. The Morgan fingerprint density at radius 1 is 1.39 bits per heavy atom. The van der Waals surface area contributed by atoms with E-state index >= 15 is 0 Å². The van der Waals surface area contributed by atoms with E-state index in [-0.39, 0.29) is 23.3 Å². The van der Waals surface area contributed by atoms with Crippen LogP contribution < -0.4 is 5.48 Å². The van der Waals surface area contributed by atoms with E-state index < -0.39 is 0 Å². The highest BCUT2D eigenvalue weighted by Gasteiger charge is 2.17. The number of esters is 1. The minimum atomic E-state index is -0.332. The number of amidine groups is 1. The van der Waals surface area contributed by atoms with Crippen LogP contribution in [-0.2, 0) is 15.3 Å². The quantitative estimate of drug-likeness (QED) is 0.356. The second-order valence-electron chi connectivity index (χ2n) is 4.54. The van der Waals surface area contributed by atoms with Crippen LogP contribution in [0.2, 0.25) is 0 Å². The largest absolute Gasteiger partial charge is 0.468 e. The average molecular weight is 336 g/mol. The van der Waals surface area contributed by atoms with E-state index in [1.54, 1.807) is 0 Å². The van der Waals surface area contributed by atoms with Crippen molar-refractivity contribution in [1.82, 2.24) is 15.8 Å². The number of nitrogens with one attached hydrogen (secondary N) is 1. The highest BCUT2D eigenvalue weighted by atomic mass is 32.2. The molecule has 0 saturated carbocycles. The molecule has 1 aromatic carbocycles. The van der Waals surface area contributed by atoms with Crippen molar-refractivity contribution in [3.05, 3.63) is 41.2 Å². The van der Waals surface area contributed by atoms with Crippen molar-refractivity contribution < 1.29 is 19.4 Å². The molecular weight excluding hydrogens is 320 g/mol. The third kappa shape index (κ3) is 4.80. The molecule has 0 atom stereocenters. The number of thioether (sulfide) groups is 1. The first-order valence-corrected chi connectivity index (χ1v) is 7.81. The molecule has 23 heavy (non-hydrogen) atoms. The van der Waals surface area contributed by atoms with Gasteiger partial charge in [-0.2, -0.15) is 0 Å². The number of carbonyl (C=O) groups is 1. The second-order valence-corrected chi connectivity index (χ2v) is 5.52. The monoisotopic (exact) mass is 336 g/mol. The summed E-state index contributed by atoms with van der Waals surface area (Å²) in [4.78, 5) is 15.4. The number of carbonyl (C=O) groups excluding carboxylic acids is 1. The molecule has 0 fully saturated rings. The maximum Gasteiger partial charge on any atom is 0.315 e. The summed E-state index contributed by atoms with van der Waals surface area (Å²) >= 11 is 1.29. The molecule has 9 heteroatoms. The Balaban J connectivity index is 2.14. The minimum Gasteiger partial charge on any atom is -0.468 e. The Morgan fingerprint density at radius 2 is 2.13 bits per heavy atom. The van der Waals surface area contributed by atoms with Gasteiger partial charge in [0.25, 0.3) is 0 Å². The van der Waals surface area contributed by atoms with Crippen molar-refractivity contribution in [3.8, 4) is 0 Å². The first-order chi connectivity index (χ1) is 11.1. The Hall–Kier alpha value is -2.39. The van der Waals surface area contributed by atoms with Crippen molar-refractivity contribution in [2.45, 2.75) is 12.7 Å². The highest BCUT2D eigenvalue weighted by Crippen LogP contribution is 2.17. The molecule has 0 radical (unpaired) electrons. The Bertz CT molecular complexity index is 684. The number of nitrogens with zero attached hydrogens (tertiary/aromatic N) is 3. The van der Waals surface area contributed by atoms with Gasteiger partial charge in [-0.25, -0.2) is 9.62 Å². The predicted molar refractivity (Wildman–Crippen MR) is 84.8 cm³/mol. The van der Waals surface area contributed by atoms with Gasteiger partial charge in [0.05, 0.1) is 18.6 Å². The number of aromatic nitrogens is 2. The Labute approximate surface area is 136 Å². The fourth-order valence-corrected chi connectivity index (χ4v) is 2.42. The normalized spacial score (nSPS) is 11.3.